The van der Waals surface area contributed by atoms with Crippen LogP contribution in [0.1, 0.15) is 34.8 Å². The van der Waals surface area contributed by atoms with Gasteiger partial charge in [0.25, 0.3) is 0 Å². The van der Waals surface area contributed by atoms with E-state index in [0.717, 1.165) is 53.2 Å². The third kappa shape index (κ3) is 3.78. The van der Waals surface area contributed by atoms with Crippen LogP contribution in [0, 0.1) is 6.92 Å². The molecule has 1 aliphatic heterocycles. The molecule has 4 aromatic rings. The van der Waals surface area contributed by atoms with Crippen LogP contribution in [0.5, 0.6) is 0 Å². The Balaban J connectivity index is 1.53. The molecule has 7 nitrogen and oxygen atoms in total. The molecule has 158 valence electrons. The average molecular weight is 415 g/mol. The summed E-state index contributed by atoms with van der Waals surface area (Å²) >= 11 is 0. The van der Waals surface area contributed by atoms with Gasteiger partial charge in [0.1, 0.15) is 0 Å². The lowest BCUT2D eigenvalue weighted by Gasteiger charge is -2.20. The van der Waals surface area contributed by atoms with Crippen molar-refractivity contribution in [1.82, 2.24) is 30.1 Å². The molecule has 0 radical (unpaired) electrons. The molecule has 0 saturated carbocycles. The van der Waals surface area contributed by atoms with Gasteiger partial charge in [0.05, 0.1) is 24.2 Å². The molecule has 1 unspecified atom stereocenters. The monoisotopic (exact) mass is 414 g/mol. The molecule has 2 aromatic heterocycles. The van der Waals surface area contributed by atoms with E-state index in [9.17, 15) is 5.11 Å². The van der Waals surface area contributed by atoms with Gasteiger partial charge in [0, 0.05) is 43.5 Å². The van der Waals surface area contributed by atoms with Crippen LogP contribution >= 0.6 is 0 Å². The standard InChI is InChI=1S/C24H26N6O/c1-16-24-21-7-6-19(20-13-26-29(2)14-20)11-22(21)23(8-9-30(24)28-27-16)25-12-17-4-3-5-18(10-17)15-31/h3-7,10-11,13-14,23,25,31H,8-9,12,15H2,1-2H3. The van der Waals surface area contributed by atoms with Crippen LogP contribution in [0.4, 0.5) is 0 Å². The molecule has 0 amide bonds. The third-order valence-corrected chi connectivity index (χ3v) is 5.98. The highest BCUT2D eigenvalue weighted by atomic mass is 16.3. The Morgan fingerprint density at radius 2 is 2.00 bits per heavy atom. The minimum Gasteiger partial charge on any atom is -0.392 e. The summed E-state index contributed by atoms with van der Waals surface area (Å²) in [5.74, 6) is 0. The lowest BCUT2D eigenvalue weighted by molar-refractivity contribution is 0.281. The molecule has 5 rings (SSSR count). The molecule has 0 bridgehead atoms. The van der Waals surface area contributed by atoms with Crippen LogP contribution < -0.4 is 5.32 Å². The number of aliphatic hydroxyl groups excluding tert-OH is 1. The number of nitrogens with one attached hydrogen (secondary N) is 1. The summed E-state index contributed by atoms with van der Waals surface area (Å²) < 4.78 is 3.85. The molecule has 31 heavy (non-hydrogen) atoms. The maximum absolute atomic E-state index is 9.45. The van der Waals surface area contributed by atoms with Crippen molar-refractivity contribution < 1.29 is 5.11 Å². The zero-order valence-electron chi connectivity index (χ0n) is 17.8. The number of nitrogens with zero attached hydrogens (tertiary/aromatic N) is 5. The number of fused-ring (bicyclic) bond motifs is 3. The first-order chi connectivity index (χ1) is 15.1. The van der Waals surface area contributed by atoms with Crippen LogP contribution in [0.3, 0.4) is 0 Å². The fourth-order valence-electron chi connectivity index (χ4n) is 4.40. The first kappa shape index (κ1) is 19.7. The van der Waals surface area contributed by atoms with Crippen molar-refractivity contribution in [3.63, 3.8) is 0 Å². The van der Waals surface area contributed by atoms with Gasteiger partial charge in [-0.15, -0.1) is 5.10 Å². The van der Waals surface area contributed by atoms with Gasteiger partial charge in [0.2, 0.25) is 0 Å². The molecule has 0 fully saturated rings. The number of rotatable bonds is 5. The van der Waals surface area contributed by atoms with E-state index in [1.807, 2.05) is 47.9 Å². The smallest absolute Gasteiger partial charge is 0.0918 e. The number of aryl methyl sites for hydroxylation is 3. The fraction of sp³-hybridized carbons (Fsp3) is 0.292. The minimum atomic E-state index is 0.0575. The number of hydrogen-bond donors (Lipinski definition) is 2. The molecule has 3 heterocycles. The van der Waals surface area contributed by atoms with Crippen LogP contribution in [-0.4, -0.2) is 29.9 Å². The second kappa shape index (κ2) is 8.09. The van der Waals surface area contributed by atoms with Gasteiger partial charge in [0.15, 0.2) is 0 Å². The Kier molecular flexibility index (Phi) is 5.13. The van der Waals surface area contributed by atoms with E-state index in [1.54, 1.807) is 0 Å². The van der Waals surface area contributed by atoms with Gasteiger partial charge in [-0.2, -0.15) is 5.10 Å². The Morgan fingerprint density at radius 3 is 2.81 bits per heavy atom. The van der Waals surface area contributed by atoms with E-state index in [4.69, 9.17) is 0 Å². The minimum absolute atomic E-state index is 0.0575. The van der Waals surface area contributed by atoms with Crippen molar-refractivity contribution in [3.8, 4) is 22.4 Å². The normalized spacial score (nSPS) is 15.4. The summed E-state index contributed by atoms with van der Waals surface area (Å²) in [6.07, 6.45) is 4.86. The largest absolute Gasteiger partial charge is 0.392 e. The van der Waals surface area contributed by atoms with Crippen molar-refractivity contribution in [3.05, 3.63) is 77.2 Å². The van der Waals surface area contributed by atoms with Gasteiger partial charge in [-0.1, -0.05) is 41.6 Å². The van der Waals surface area contributed by atoms with Gasteiger partial charge in [-0.05, 0) is 41.7 Å². The number of aromatic nitrogens is 5. The number of aliphatic hydroxyl groups is 1. The van der Waals surface area contributed by atoms with Crippen molar-refractivity contribution >= 4 is 0 Å². The topological polar surface area (TPSA) is 80.8 Å². The highest BCUT2D eigenvalue weighted by Crippen LogP contribution is 2.37. The predicted molar refractivity (Wildman–Crippen MR) is 119 cm³/mol. The van der Waals surface area contributed by atoms with E-state index in [1.165, 1.54) is 11.1 Å². The SMILES string of the molecule is Cc1nnn2c1-c1ccc(-c3cnn(C)c3)cc1C(NCc1cccc(CO)c1)CC2. The highest BCUT2D eigenvalue weighted by molar-refractivity contribution is 5.73. The fourth-order valence-corrected chi connectivity index (χ4v) is 4.40. The zero-order valence-corrected chi connectivity index (χ0v) is 17.8. The number of hydrogen-bond acceptors (Lipinski definition) is 5. The van der Waals surface area contributed by atoms with Crippen molar-refractivity contribution in [2.75, 3.05) is 0 Å². The van der Waals surface area contributed by atoms with Crippen LogP contribution in [0.25, 0.3) is 22.4 Å². The second-order valence-corrected chi connectivity index (χ2v) is 8.15. The average Bonchev–Trinajstić information content (AvgIpc) is 3.34. The first-order valence-electron chi connectivity index (χ1n) is 10.6. The molecular formula is C24H26N6O. The summed E-state index contributed by atoms with van der Waals surface area (Å²) in [6.45, 7) is 3.61. The maximum atomic E-state index is 9.45. The van der Waals surface area contributed by atoms with E-state index in [2.05, 4.69) is 51.1 Å². The van der Waals surface area contributed by atoms with Gasteiger partial charge in [-0.25, -0.2) is 4.68 Å². The molecule has 1 aliphatic rings. The van der Waals surface area contributed by atoms with E-state index < -0.39 is 0 Å². The quantitative estimate of drug-likeness (QED) is 0.523. The van der Waals surface area contributed by atoms with Gasteiger partial charge in [-0.3, -0.25) is 4.68 Å². The summed E-state index contributed by atoms with van der Waals surface area (Å²) in [6, 6.07) is 14.9. The van der Waals surface area contributed by atoms with Crippen LogP contribution in [0.2, 0.25) is 0 Å². The van der Waals surface area contributed by atoms with E-state index in [0.29, 0.717) is 0 Å². The summed E-state index contributed by atoms with van der Waals surface area (Å²) in [5.41, 5.74) is 8.83. The van der Waals surface area contributed by atoms with Crippen molar-refractivity contribution in [2.24, 2.45) is 7.05 Å². The Labute approximate surface area is 181 Å². The Morgan fingerprint density at radius 1 is 1.13 bits per heavy atom. The highest BCUT2D eigenvalue weighted by Gasteiger charge is 2.25. The third-order valence-electron chi connectivity index (χ3n) is 5.98. The van der Waals surface area contributed by atoms with Crippen LogP contribution in [-0.2, 0) is 26.7 Å². The van der Waals surface area contributed by atoms with Gasteiger partial charge >= 0.3 is 0 Å². The molecule has 0 saturated heterocycles. The lowest BCUT2D eigenvalue weighted by atomic mass is 9.93. The maximum Gasteiger partial charge on any atom is 0.0918 e. The summed E-state index contributed by atoms with van der Waals surface area (Å²) in [5, 5.41) is 26.2. The van der Waals surface area contributed by atoms with Gasteiger partial charge < -0.3 is 10.4 Å². The Bertz CT molecular complexity index is 1220. The molecule has 1 atom stereocenters. The molecule has 7 heteroatoms. The second-order valence-electron chi connectivity index (χ2n) is 8.15. The molecule has 2 N–H and O–H groups in total. The van der Waals surface area contributed by atoms with Crippen LogP contribution in [0.15, 0.2) is 54.9 Å². The van der Waals surface area contributed by atoms with Crippen molar-refractivity contribution in [1.29, 1.82) is 0 Å². The first-order valence-corrected chi connectivity index (χ1v) is 10.6. The molecule has 2 aromatic carbocycles. The summed E-state index contributed by atoms with van der Waals surface area (Å²) in [7, 11) is 1.94. The zero-order chi connectivity index (χ0) is 21.4. The Hall–Kier alpha value is -3.29. The molecular weight excluding hydrogens is 388 g/mol. The molecule has 0 aliphatic carbocycles. The number of benzene rings is 2. The predicted octanol–water partition coefficient (Wildman–Crippen LogP) is 3.38. The lowest BCUT2D eigenvalue weighted by Crippen LogP contribution is -2.22. The summed E-state index contributed by atoms with van der Waals surface area (Å²) in [4.78, 5) is 0. The van der Waals surface area contributed by atoms with E-state index in [-0.39, 0.29) is 12.6 Å². The molecule has 0 spiro atoms. The van der Waals surface area contributed by atoms with E-state index >= 15 is 0 Å². The van der Waals surface area contributed by atoms with Crippen molar-refractivity contribution in [2.45, 2.75) is 39.1 Å².